The Morgan fingerprint density at radius 2 is 1.88 bits per heavy atom. The van der Waals surface area contributed by atoms with Crippen molar-refractivity contribution in [3.05, 3.63) is 65.8 Å². The number of thiophene rings is 1. The number of rotatable bonds is 5. The van der Waals surface area contributed by atoms with Crippen LogP contribution in [0.25, 0.3) is 55.3 Å². The van der Waals surface area contributed by atoms with Gasteiger partial charge in [0.25, 0.3) is 0 Å². The molecule has 10 heteroatoms. The van der Waals surface area contributed by atoms with E-state index in [-0.39, 0.29) is 5.13 Å². The van der Waals surface area contributed by atoms with Crippen molar-refractivity contribution in [2.24, 2.45) is 0 Å². The summed E-state index contributed by atoms with van der Waals surface area (Å²) in [7, 11) is 4.06. The van der Waals surface area contributed by atoms with E-state index in [2.05, 4.69) is 41.1 Å². The maximum atomic E-state index is 13.6. The second-order valence-corrected chi connectivity index (χ2v) is 9.29. The van der Waals surface area contributed by atoms with Crippen LogP contribution in [0, 0.1) is 5.13 Å². The smallest absolute Gasteiger partial charge is 0.177 e. The molecule has 0 aromatic carbocycles. The monoisotopic (exact) mass is 470 g/mol. The Kier molecular flexibility index (Phi) is 4.89. The maximum absolute atomic E-state index is 13.6. The van der Waals surface area contributed by atoms with Crippen molar-refractivity contribution >= 4 is 33.4 Å². The highest BCUT2D eigenvalue weighted by molar-refractivity contribution is 7.13. The Morgan fingerprint density at radius 1 is 1.00 bits per heavy atom. The van der Waals surface area contributed by atoms with Gasteiger partial charge in [0.2, 0.25) is 0 Å². The number of nitrogens with one attached hydrogen (secondary N) is 2. The van der Waals surface area contributed by atoms with Crippen LogP contribution >= 0.6 is 11.3 Å². The van der Waals surface area contributed by atoms with Gasteiger partial charge in [0.15, 0.2) is 16.6 Å². The quantitative estimate of drug-likeness (QED) is 0.372. The summed E-state index contributed by atoms with van der Waals surface area (Å²) in [6, 6.07) is 9.16. The Bertz CT molecular complexity index is 1650. The van der Waals surface area contributed by atoms with E-state index in [1.54, 1.807) is 12.3 Å². The van der Waals surface area contributed by atoms with E-state index in [0.29, 0.717) is 28.4 Å². The average molecular weight is 471 g/mol. The summed E-state index contributed by atoms with van der Waals surface area (Å²) in [6.45, 7) is 0.803. The third-order valence-electron chi connectivity index (χ3n) is 5.48. The first-order chi connectivity index (χ1) is 16.5. The fourth-order valence-corrected chi connectivity index (χ4v) is 4.74. The summed E-state index contributed by atoms with van der Waals surface area (Å²) in [4.78, 5) is 24.3. The van der Waals surface area contributed by atoms with Crippen LogP contribution in [0.4, 0.5) is 4.39 Å². The van der Waals surface area contributed by atoms with Crippen molar-refractivity contribution in [3.8, 4) is 33.2 Å². The molecule has 6 aromatic heterocycles. The lowest BCUT2D eigenvalue weighted by atomic mass is 10.1. The Morgan fingerprint density at radius 3 is 2.71 bits per heavy atom. The topological polar surface area (TPSA) is 99.3 Å². The van der Waals surface area contributed by atoms with Crippen LogP contribution in [0.15, 0.2) is 55.1 Å². The second kappa shape index (κ2) is 8.08. The molecule has 0 aliphatic rings. The van der Waals surface area contributed by atoms with Crippen LogP contribution in [0.2, 0.25) is 0 Å². The highest BCUT2D eigenvalue weighted by atomic mass is 32.1. The predicted octanol–water partition coefficient (Wildman–Crippen LogP) is 4.89. The molecule has 34 heavy (non-hydrogen) atoms. The molecule has 0 atom stereocenters. The van der Waals surface area contributed by atoms with Crippen molar-refractivity contribution in [3.63, 3.8) is 0 Å². The van der Waals surface area contributed by atoms with Crippen LogP contribution in [0.1, 0.15) is 5.56 Å². The lowest BCUT2D eigenvalue weighted by Crippen LogP contribution is -2.10. The molecule has 0 saturated heterocycles. The Labute approximate surface area is 197 Å². The first kappa shape index (κ1) is 20.6. The van der Waals surface area contributed by atoms with E-state index in [9.17, 15) is 4.39 Å². The minimum absolute atomic E-state index is 0.259. The summed E-state index contributed by atoms with van der Waals surface area (Å²) < 4.78 is 13.6. The van der Waals surface area contributed by atoms with Gasteiger partial charge in [-0.1, -0.05) is 0 Å². The molecule has 0 bridgehead atoms. The summed E-state index contributed by atoms with van der Waals surface area (Å²) in [5.41, 5.74) is 6.47. The highest BCUT2D eigenvalue weighted by Gasteiger charge is 2.18. The van der Waals surface area contributed by atoms with Crippen molar-refractivity contribution in [2.45, 2.75) is 6.54 Å². The molecule has 0 aliphatic carbocycles. The van der Waals surface area contributed by atoms with Gasteiger partial charge in [-0.25, -0.2) is 9.97 Å². The highest BCUT2D eigenvalue weighted by Crippen LogP contribution is 2.33. The van der Waals surface area contributed by atoms with Crippen molar-refractivity contribution in [2.75, 3.05) is 14.1 Å². The molecule has 6 rings (SSSR count). The Balaban J connectivity index is 1.45. The molecule has 2 N–H and O–H groups in total. The summed E-state index contributed by atoms with van der Waals surface area (Å²) >= 11 is 1.05. The number of imidazole rings is 1. The molecule has 0 fully saturated rings. The molecule has 0 saturated carbocycles. The molecule has 6 aromatic rings. The molecule has 8 nitrogen and oxygen atoms in total. The van der Waals surface area contributed by atoms with E-state index in [4.69, 9.17) is 4.98 Å². The van der Waals surface area contributed by atoms with Gasteiger partial charge in [-0.05, 0) is 50.0 Å². The van der Waals surface area contributed by atoms with Crippen LogP contribution in [-0.4, -0.2) is 54.1 Å². The minimum atomic E-state index is -0.259. The van der Waals surface area contributed by atoms with Gasteiger partial charge in [0, 0.05) is 42.5 Å². The lowest BCUT2D eigenvalue weighted by Gasteiger charge is -2.10. The fraction of sp³-hybridized carbons (Fsp3) is 0.125. The number of halogens is 1. The lowest BCUT2D eigenvalue weighted by molar-refractivity contribution is 0.402. The van der Waals surface area contributed by atoms with E-state index >= 15 is 0 Å². The number of nitrogens with zero attached hydrogens (tertiary/aromatic N) is 6. The van der Waals surface area contributed by atoms with Crippen molar-refractivity contribution in [1.29, 1.82) is 0 Å². The van der Waals surface area contributed by atoms with Gasteiger partial charge in [0.1, 0.15) is 16.9 Å². The molecule has 0 aliphatic heterocycles. The number of fused-ring (bicyclic) bond motifs is 2. The molecule has 0 unspecified atom stereocenters. The predicted molar refractivity (Wildman–Crippen MR) is 131 cm³/mol. The van der Waals surface area contributed by atoms with Gasteiger partial charge in [-0.2, -0.15) is 9.49 Å². The van der Waals surface area contributed by atoms with E-state index in [1.807, 2.05) is 44.8 Å². The molecule has 0 spiro atoms. The van der Waals surface area contributed by atoms with Crippen LogP contribution < -0.4 is 0 Å². The molecular formula is C24H19FN8S. The fourth-order valence-electron chi connectivity index (χ4n) is 4.01. The third-order valence-corrected chi connectivity index (χ3v) is 6.36. The molecule has 0 radical (unpaired) electrons. The van der Waals surface area contributed by atoms with Crippen LogP contribution in [0.5, 0.6) is 0 Å². The zero-order chi connectivity index (χ0) is 23.2. The van der Waals surface area contributed by atoms with Gasteiger partial charge in [-0.15, -0.1) is 11.3 Å². The molecule has 6 heterocycles. The van der Waals surface area contributed by atoms with Gasteiger partial charge < -0.3 is 9.88 Å². The van der Waals surface area contributed by atoms with Crippen LogP contribution in [-0.2, 0) is 6.54 Å². The number of aromatic nitrogens is 7. The summed E-state index contributed by atoms with van der Waals surface area (Å²) in [5.74, 6) is 0.589. The number of aromatic amines is 2. The van der Waals surface area contributed by atoms with Crippen molar-refractivity contribution in [1.82, 2.24) is 40.0 Å². The number of hydrogen-bond acceptors (Lipinski definition) is 7. The van der Waals surface area contributed by atoms with Crippen LogP contribution in [0.3, 0.4) is 0 Å². The van der Waals surface area contributed by atoms with Gasteiger partial charge >= 0.3 is 0 Å². The average Bonchev–Trinajstić information content (AvgIpc) is 3.55. The standard InChI is InChI=1S/C24H19FN8S/c1-33(2)12-13-7-14(10-26-9-13)15-8-16-20(31-32-23(16)28-11-15)24-29-17-5-6-27-22(21(17)30-24)18-3-4-19(25)34-18/h3-11H,12H2,1-2H3,(H,29,30)(H,28,31,32). The third kappa shape index (κ3) is 3.62. The molecule has 168 valence electrons. The largest absolute Gasteiger partial charge is 0.336 e. The first-order valence-electron chi connectivity index (χ1n) is 10.6. The normalized spacial score (nSPS) is 11.8. The summed E-state index contributed by atoms with van der Waals surface area (Å²) in [5, 5.41) is 8.05. The zero-order valence-corrected chi connectivity index (χ0v) is 19.2. The summed E-state index contributed by atoms with van der Waals surface area (Å²) in [6.07, 6.45) is 7.21. The Hall–Kier alpha value is -4.02. The van der Waals surface area contributed by atoms with Gasteiger partial charge in [0.05, 0.1) is 15.8 Å². The number of pyridine rings is 3. The zero-order valence-electron chi connectivity index (χ0n) is 18.4. The van der Waals surface area contributed by atoms with E-state index < -0.39 is 0 Å². The second-order valence-electron chi connectivity index (χ2n) is 8.26. The molecule has 0 amide bonds. The number of hydrogen-bond donors (Lipinski definition) is 2. The minimum Gasteiger partial charge on any atom is -0.336 e. The maximum Gasteiger partial charge on any atom is 0.177 e. The van der Waals surface area contributed by atoms with E-state index in [0.717, 1.165) is 50.4 Å². The van der Waals surface area contributed by atoms with Crippen molar-refractivity contribution < 1.29 is 4.39 Å². The SMILES string of the molecule is CN(C)Cc1cncc(-c2cnc3[nH]nc(-c4nc5c(-c6ccc(F)s6)nccc5[nH]4)c3c2)c1. The first-order valence-corrected chi connectivity index (χ1v) is 11.4. The molecular weight excluding hydrogens is 451 g/mol. The number of H-pyrrole nitrogens is 2. The van der Waals surface area contributed by atoms with Gasteiger partial charge in [-0.3, -0.25) is 15.1 Å². The van der Waals surface area contributed by atoms with E-state index in [1.165, 1.54) is 6.07 Å².